The van der Waals surface area contributed by atoms with E-state index in [2.05, 4.69) is 120 Å². The van der Waals surface area contributed by atoms with Gasteiger partial charge in [-0.1, -0.05) is 47.5 Å². The van der Waals surface area contributed by atoms with Crippen molar-refractivity contribution in [3.8, 4) is 34.3 Å². The molecule has 2 aliphatic rings. The molecule has 0 spiro atoms. The first kappa shape index (κ1) is 50.7. The van der Waals surface area contributed by atoms with Gasteiger partial charge >= 0.3 is 42.1 Å². The molecule has 0 unspecified atom stereocenters. The summed E-state index contributed by atoms with van der Waals surface area (Å²) in [6.45, 7) is 16.5. The zero-order valence-electron chi connectivity index (χ0n) is 38.1. The second-order valence-electron chi connectivity index (χ2n) is 15.7. The van der Waals surface area contributed by atoms with Crippen LogP contribution in [0.4, 0.5) is 34.4 Å². The van der Waals surface area contributed by atoms with Crippen LogP contribution < -0.4 is 19.6 Å². The number of pyridine rings is 4. The molecule has 8 aromatic rings. The second kappa shape index (κ2) is 23.2. The molecule has 10 rings (SSSR count). The van der Waals surface area contributed by atoms with Crippen LogP contribution in [0.1, 0.15) is 33.4 Å². The Morgan fingerprint density at radius 3 is 1.18 bits per heavy atom. The monoisotopic (exact) mass is 1230 g/mol. The van der Waals surface area contributed by atoms with Gasteiger partial charge in [0.2, 0.25) is 11.8 Å². The predicted molar refractivity (Wildman–Crippen MR) is 260 cm³/mol. The maximum absolute atomic E-state index is 9.40. The number of fused-ring (bicyclic) bond motifs is 2. The second-order valence-corrected chi connectivity index (χ2v) is 15.7. The van der Waals surface area contributed by atoms with E-state index >= 15 is 0 Å². The van der Waals surface area contributed by atoms with Gasteiger partial charge in [-0.25, -0.2) is 19.9 Å². The Balaban J connectivity index is 0.000000163. The number of aromatic hydroxyl groups is 2. The van der Waals surface area contributed by atoms with Gasteiger partial charge in [-0.05, 0) is 114 Å². The van der Waals surface area contributed by atoms with Crippen molar-refractivity contribution in [1.29, 1.82) is 0 Å². The smallest absolute Gasteiger partial charge is 0.502 e. The van der Waals surface area contributed by atoms with Crippen molar-refractivity contribution >= 4 is 34.4 Å². The molecule has 66 heavy (non-hydrogen) atoms. The van der Waals surface area contributed by atoms with E-state index in [1.807, 2.05) is 135 Å². The third-order valence-electron chi connectivity index (χ3n) is 10.6. The summed E-state index contributed by atoms with van der Waals surface area (Å²) in [6.07, 6.45) is 3.61. The molecule has 0 aliphatic carbocycles. The normalized spacial score (nSPS) is 11.9. The van der Waals surface area contributed by atoms with E-state index in [4.69, 9.17) is 0 Å². The number of benzene rings is 4. The summed E-state index contributed by atoms with van der Waals surface area (Å²) in [5.74, 6) is 2.04. The fourth-order valence-electron chi connectivity index (χ4n) is 7.99. The topological polar surface area (TPSA) is 105 Å². The van der Waals surface area contributed by atoms with Crippen molar-refractivity contribution < 1.29 is 52.3 Å². The fraction of sp³-hybridized carbons (Fsp3) is 0.148. The summed E-state index contributed by atoms with van der Waals surface area (Å²) >= 11 is 0. The van der Waals surface area contributed by atoms with Gasteiger partial charge in [-0.3, -0.25) is 0 Å². The van der Waals surface area contributed by atoms with E-state index in [1.165, 1.54) is 33.4 Å². The zero-order chi connectivity index (χ0) is 45.3. The van der Waals surface area contributed by atoms with Crippen LogP contribution >= 0.6 is 0 Å². The van der Waals surface area contributed by atoms with E-state index in [-0.39, 0.29) is 53.9 Å². The van der Waals surface area contributed by atoms with Gasteiger partial charge in [0, 0.05) is 47.0 Å². The van der Waals surface area contributed by atoms with Crippen LogP contribution in [0.25, 0.3) is 22.5 Å². The van der Waals surface area contributed by atoms with E-state index in [0.717, 1.165) is 56.9 Å². The van der Waals surface area contributed by atoms with Crippen molar-refractivity contribution in [1.82, 2.24) is 19.9 Å². The van der Waals surface area contributed by atoms with Crippen molar-refractivity contribution in [2.75, 3.05) is 33.7 Å². The number of hydrogen-bond donors (Lipinski definition) is 2. The Labute approximate surface area is 418 Å². The van der Waals surface area contributed by atoms with E-state index in [9.17, 15) is 10.2 Å². The molecule has 0 bridgehead atoms. The predicted octanol–water partition coefficient (Wildman–Crippen LogP) is 11.9. The van der Waals surface area contributed by atoms with Crippen molar-refractivity contribution in [2.45, 2.75) is 41.5 Å². The molecular weight excluding hydrogens is 1180 g/mol. The van der Waals surface area contributed by atoms with Gasteiger partial charge < -0.3 is 29.8 Å². The van der Waals surface area contributed by atoms with Gasteiger partial charge in [0.05, 0.1) is 11.4 Å². The standard InChI is InChI=1S/2C14H15NO.2C13H11N3.2Pt/c2*1-9-7-10(2)14(11(3)8-9)12-5-4-6-13(16)15-12;2*1-15-10-16(11-6-3-2-4-7-11)13-12(15)8-5-9-14-13;;/h2*4-8H,1-3H3,(H,15,16);2*2-6,8-10H,1H3;;/q;;2*-2;2*+2. The van der Waals surface area contributed by atoms with Crippen LogP contribution in [0.2, 0.25) is 0 Å². The molecule has 2 aliphatic heterocycles. The Morgan fingerprint density at radius 2 is 0.848 bits per heavy atom. The van der Waals surface area contributed by atoms with Gasteiger partial charge in [-0.15, -0.1) is 11.4 Å². The number of aromatic nitrogens is 4. The molecule has 340 valence electrons. The minimum atomic E-state index is 0. The zero-order valence-corrected chi connectivity index (χ0v) is 42.7. The first-order chi connectivity index (χ1) is 30.9. The van der Waals surface area contributed by atoms with Gasteiger partial charge in [0.25, 0.3) is 0 Å². The Bertz CT molecular complexity index is 2610. The van der Waals surface area contributed by atoms with Crippen molar-refractivity contribution in [3.63, 3.8) is 0 Å². The molecular formula is C54H52N8O2Pt2. The molecule has 0 radical (unpaired) electrons. The number of hydrogen-bond acceptors (Lipinski definition) is 10. The minimum absolute atomic E-state index is 0. The Morgan fingerprint density at radius 1 is 0.470 bits per heavy atom. The fourth-order valence-corrected chi connectivity index (χ4v) is 7.99. The quantitative estimate of drug-likeness (QED) is 0.166. The SMILES string of the molecule is CN1[CH-]N(c2[c-]cccc2)c2ncccc21.CN1[CH-]N(c2[c-]cccc2)c2ncccc21.Cc1cc(C)c(-c2cccc(O)n2)c(C)c1.Cc1cc(C)c(-c2cccc(O)n2)c(C)c1.[Pt+2].[Pt+2]. The van der Waals surface area contributed by atoms with E-state index < -0.39 is 0 Å². The maximum atomic E-state index is 9.40. The number of anilines is 6. The van der Waals surface area contributed by atoms with Crippen LogP contribution in [0.5, 0.6) is 11.8 Å². The first-order valence-electron chi connectivity index (χ1n) is 20.9. The minimum Gasteiger partial charge on any atom is -0.502 e. The molecule has 0 atom stereocenters. The summed E-state index contributed by atoms with van der Waals surface area (Å²) in [7, 11) is 4.03. The molecule has 0 saturated heterocycles. The molecule has 10 nitrogen and oxygen atoms in total. The van der Waals surface area contributed by atoms with E-state index in [1.54, 1.807) is 12.1 Å². The van der Waals surface area contributed by atoms with E-state index in [0.29, 0.717) is 0 Å². The third kappa shape index (κ3) is 12.1. The molecule has 0 amide bonds. The molecule has 6 heterocycles. The van der Waals surface area contributed by atoms with Crippen LogP contribution in [0.3, 0.4) is 0 Å². The summed E-state index contributed by atoms with van der Waals surface area (Å²) in [4.78, 5) is 25.3. The largest absolute Gasteiger partial charge is 2.00 e. The van der Waals surface area contributed by atoms with Crippen LogP contribution in [-0.2, 0) is 42.1 Å². The molecule has 12 heteroatoms. The van der Waals surface area contributed by atoms with Gasteiger partial charge in [0.1, 0.15) is 11.6 Å². The molecule has 4 aromatic carbocycles. The van der Waals surface area contributed by atoms with Gasteiger partial charge in [0.15, 0.2) is 0 Å². The van der Waals surface area contributed by atoms with Crippen LogP contribution in [0, 0.1) is 67.0 Å². The average molecular weight is 1240 g/mol. The summed E-state index contributed by atoms with van der Waals surface area (Å²) in [5, 5.41) is 18.8. The molecule has 2 N–H and O–H groups in total. The Kier molecular flexibility index (Phi) is 17.8. The van der Waals surface area contributed by atoms with Crippen LogP contribution in [-0.4, -0.2) is 44.2 Å². The number of rotatable bonds is 4. The van der Waals surface area contributed by atoms with Crippen molar-refractivity contribution in [3.05, 3.63) is 205 Å². The van der Waals surface area contributed by atoms with Crippen molar-refractivity contribution in [2.24, 2.45) is 0 Å². The number of aryl methyl sites for hydroxylation is 6. The molecule has 0 saturated carbocycles. The summed E-state index contributed by atoms with van der Waals surface area (Å²) < 4.78 is 0. The first-order valence-corrected chi connectivity index (χ1v) is 20.9. The third-order valence-corrected chi connectivity index (χ3v) is 10.6. The van der Waals surface area contributed by atoms with Crippen LogP contribution in [0.15, 0.2) is 146 Å². The Hall–Kier alpha value is -6.34. The molecule has 0 fully saturated rings. The maximum Gasteiger partial charge on any atom is 2.00 e. The summed E-state index contributed by atoms with van der Waals surface area (Å²) in [5.41, 5.74) is 15.4. The summed E-state index contributed by atoms with van der Waals surface area (Å²) in [6, 6.07) is 49.4. The number of para-hydroxylation sites is 2. The average Bonchev–Trinajstić information content (AvgIpc) is 3.80. The molecule has 4 aromatic heterocycles. The number of nitrogens with zero attached hydrogens (tertiary/aromatic N) is 8. The van der Waals surface area contributed by atoms with Gasteiger partial charge in [-0.2, -0.15) is 74.0 Å².